The predicted octanol–water partition coefficient (Wildman–Crippen LogP) is 5.54. The minimum Gasteiger partial charge on any atom is -0.494 e. The number of carbonyl (C=O) groups excluding carboxylic acids is 1. The van der Waals surface area contributed by atoms with Crippen molar-refractivity contribution in [3.63, 3.8) is 0 Å². The molecule has 0 aliphatic heterocycles. The van der Waals surface area contributed by atoms with E-state index in [1.807, 2.05) is 80.6 Å². The van der Waals surface area contributed by atoms with Crippen LogP contribution in [0.2, 0.25) is 0 Å². The van der Waals surface area contributed by atoms with E-state index in [2.05, 4.69) is 22.8 Å². The highest BCUT2D eigenvalue weighted by molar-refractivity contribution is 5.93. The minimum atomic E-state index is -0.122. The van der Waals surface area contributed by atoms with Crippen LogP contribution < -0.4 is 20.1 Å². The molecule has 5 nitrogen and oxygen atoms in total. The molecule has 0 heterocycles. The summed E-state index contributed by atoms with van der Waals surface area (Å²) in [4.78, 5) is 12.3. The summed E-state index contributed by atoms with van der Waals surface area (Å²) in [6.07, 6.45) is 2.05. The highest BCUT2D eigenvalue weighted by Crippen LogP contribution is 2.19. The van der Waals surface area contributed by atoms with Gasteiger partial charge in [0.15, 0.2) is 0 Å². The average molecular weight is 419 g/mol. The third kappa shape index (κ3) is 8.05. The Hall–Kier alpha value is -3.47. The van der Waals surface area contributed by atoms with E-state index in [1.54, 1.807) is 0 Å². The van der Waals surface area contributed by atoms with Gasteiger partial charge >= 0.3 is 0 Å². The molecule has 0 radical (unpaired) electrons. The fraction of sp³-hybridized carbons (Fsp3) is 0.269. The summed E-state index contributed by atoms with van der Waals surface area (Å²) in [5.74, 6) is 1.44. The minimum absolute atomic E-state index is 0.122. The number of hydrogen-bond donors (Lipinski definition) is 2. The van der Waals surface area contributed by atoms with Crippen molar-refractivity contribution in [3.05, 3.63) is 84.4 Å². The smallest absolute Gasteiger partial charge is 0.243 e. The molecule has 0 saturated carbocycles. The van der Waals surface area contributed by atoms with E-state index in [0.29, 0.717) is 12.3 Å². The summed E-state index contributed by atoms with van der Waals surface area (Å²) < 4.78 is 11.5. The maximum absolute atomic E-state index is 12.3. The first-order chi connectivity index (χ1) is 15.1. The van der Waals surface area contributed by atoms with E-state index in [4.69, 9.17) is 9.47 Å². The van der Waals surface area contributed by atoms with E-state index in [-0.39, 0.29) is 18.6 Å². The number of aryl methyl sites for hydroxylation is 1. The van der Waals surface area contributed by atoms with E-state index in [1.165, 1.54) is 5.56 Å². The van der Waals surface area contributed by atoms with Gasteiger partial charge in [0.1, 0.15) is 11.5 Å². The van der Waals surface area contributed by atoms with Crippen molar-refractivity contribution in [1.82, 2.24) is 0 Å². The zero-order valence-corrected chi connectivity index (χ0v) is 18.1. The Labute approximate surface area is 184 Å². The fourth-order valence-corrected chi connectivity index (χ4v) is 3.09. The van der Waals surface area contributed by atoms with Crippen molar-refractivity contribution in [3.8, 4) is 11.5 Å². The highest BCUT2D eigenvalue weighted by Gasteiger charge is 2.05. The van der Waals surface area contributed by atoms with Crippen LogP contribution in [0.5, 0.6) is 11.5 Å². The second kappa shape index (κ2) is 11.6. The molecule has 0 spiro atoms. The molecule has 1 amide bonds. The molecule has 5 heteroatoms. The first-order valence-electron chi connectivity index (χ1n) is 10.7. The van der Waals surface area contributed by atoms with E-state index >= 15 is 0 Å². The Morgan fingerprint density at radius 3 is 2.39 bits per heavy atom. The second-order valence-electron chi connectivity index (χ2n) is 7.56. The Bertz CT molecular complexity index is 940. The quantitative estimate of drug-likeness (QED) is 0.402. The van der Waals surface area contributed by atoms with Crippen LogP contribution >= 0.6 is 0 Å². The van der Waals surface area contributed by atoms with Crippen LogP contribution in [0.1, 0.15) is 25.8 Å². The normalized spacial score (nSPS) is 10.5. The molecule has 0 aromatic heterocycles. The molecule has 0 atom stereocenters. The van der Waals surface area contributed by atoms with Gasteiger partial charge in [0, 0.05) is 17.4 Å². The predicted molar refractivity (Wildman–Crippen MR) is 126 cm³/mol. The molecule has 31 heavy (non-hydrogen) atoms. The number of anilines is 2. The number of carbonyl (C=O) groups is 1. The van der Waals surface area contributed by atoms with Gasteiger partial charge in [0.2, 0.25) is 5.91 Å². The lowest BCUT2D eigenvalue weighted by Crippen LogP contribution is -2.21. The Balaban J connectivity index is 1.40. The van der Waals surface area contributed by atoms with Crippen molar-refractivity contribution >= 4 is 17.3 Å². The summed E-state index contributed by atoms with van der Waals surface area (Å²) >= 11 is 0. The third-order valence-electron chi connectivity index (χ3n) is 4.52. The molecule has 2 N–H and O–H groups in total. The van der Waals surface area contributed by atoms with Crippen molar-refractivity contribution in [2.75, 3.05) is 23.8 Å². The topological polar surface area (TPSA) is 59.6 Å². The SMILES string of the molecule is CC(C)Oc1ccc(NCC(=O)Nc2cccc(OCCCc3ccccc3)c2)cc1. The van der Waals surface area contributed by atoms with Gasteiger partial charge in [-0.3, -0.25) is 4.79 Å². The number of nitrogens with one attached hydrogen (secondary N) is 2. The zero-order valence-electron chi connectivity index (χ0n) is 18.1. The largest absolute Gasteiger partial charge is 0.494 e. The monoisotopic (exact) mass is 418 g/mol. The molecule has 3 aromatic carbocycles. The van der Waals surface area contributed by atoms with Gasteiger partial charge in [-0.05, 0) is 68.7 Å². The lowest BCUT2D eigenvalue weighted by atomic mass is 10.1. The van der Waals surface area contributed by atoms with Crippen molar-refractivity contribution < 1.29 is 14.3 Å². The van der Waals surface area contributed by atoms with Gasteiger partial charge in [-0.25, -0.2) is 0 Å². The second-order valence-corrected chi connectivity index (χ2v) is 7.56. The van der Waals surface area contributed by atoms with E-state index in [0.717, 1.165) is 30.0 Å². The molecule has 0 unspecified atom stereocenters. The van der Waals surface area contributed by atoms with Gasteiger partial charge < -0.3 is 20.1 Å². The fourth-order valence-electron chi connectivity index (χ4n) is 3.09. The van der Waals surface area contributed by atoms with Gasteiger partial charge in [0.25, 0.3) is 0 Å². The lowest BCUT2D eigenvalue weighted by molar-refractivity contribution is -0.114. The molecule has 162 valence electrons. The maximum Gasteiger partial charge on any atom is 0.243 e. The number of rotatable bonds is 11. The first-order valence-corrected chi connectivity index (χ1v) is 10.7. The molecule has 0 bridgehead atoms. The van der Waals surface area contributed by atoms with Gasteiger partial charge in [0.05, 0.1) is 19.3 Å². The average Bonchev–Trinajstić information content (AvgIpc) is 2.77. The van der Waals surface area contributed by atoms with Gasteiger partial charge in [-0.2, -0.15) is 0 Å². The molecule has 0 aliphatic rings. The molecule has 0 saturated heterocycles. The zero-order chi connectivity index (χ0) is 21.9. The Morgan fingerprint density at radius 1 is 0.871 bits per heavy atom. The molecule has 3 aromatic rings. The van der Waals surface area contributed by atoms with Crippen LogP contribution in [-0.2, 0) is 11.2 Å². The first kappa shape index (κ1) is 22.2. The standard InChI is InChI=1S/C26H30N2O3/c1-20(2)31-24-15-13-22(14-16-24)27-19-26(29)28-23-11-6-12-25(18-23)30-17-7-10-21-8-4-3-5-9-21/h3-6,8-9,11-16,18,20,27H,7,10,17,19H2,1-2H3,(H,28,29). The van der Waals surface area contributed by atoms with Crippen LogP contribution in [0.15, 0.2) is 78.9 Å². The van der Waals surface area contributed by atoms with E-state index in [9.17, 15) is 4.79 Å². The van der Waals surface area contributed by atoms with E-state index < -0.39 is 0 Å². The van der Waals surface area contributed by atoms with Crippen LogP contribution in [0, 0.1) is 0 Å². The summed E-state index contributed by atoms with van der Waals surface area (Å²) in [6, 6.07) is 25.4. The highest BCUT2D eigenvalue weighted by atomic mass is 16.5. The summed E-state index contributed by atoms with van der Waals surface area (Å²) in [5.41, 5.74) is 2.89. The lowest BCUT2D eigenvalue weighted by Gasteiger charge is -2.12. The third-order valence-corrected chi connectivity index (χ3v) is 4.52. The molecule has 0 aliphatic carbocycles. The van der Waals surface area contributed by atoms with Gasteiger partial charge in [-0.15, -0.1) is 0 Å². The number of ether oxygens (including phenoxy) is 2. The molecule has 0 fully saturated rings. The van der Waals surface area contributed by atoms with Crippen molar-refractivity contribution in [2.45, 2.75) is 32.8 Å². The molecule has 3 rings (SSSR count). The molecular formula is C26H30N2O3. The van der Waals surface area contributed by atoms with Crippen molar-refractivity contribution in [1.29, 1.82) is 0 Å². The van der Waals surface area contributed by atoms with Crippen LogP contribution in [0.3, 0.4) is 0 Å². The van der Waals surface area contributed by atoms with Crippen LogP contribution in [0.25, 0.3) is 0 Å². The van der Waals surface area contributed by atoms with Crippen LogP contribution in [-0.4, -0.2) is 25.2 Å². The Kier molecular flexibility index (Phi) is 8.35. The molecular weight excluding hydrogens is 388 g/mol. The maximum atomic E-state index is 12.3. The summed E-state index contributed by atoms with van der Waals surface area (Å²) in [6.45, 7) is 4.78. The number of benzene rings is 3. The summed E-state index contributed by atoms with van der Waals surface area (Å²) in [7, 11) is 0. The summed E-state index contributed by atoms with van der Waals surface area (Å²) in [5, 5.41) is 6.02. The number of hydrogen-bond acceptors (Lipinski definition) is 4. The van der Waals surface area contributed by atoms with Gasteiger partial charge in [-0.1, -0.05) is 36.4 Å². The van der Waals surface area contributed by atoms with Crippen LogP contribution in [0.4, 0.5) is 11.4 Å². The van der Waals surface area contributed by atoms with Crippen molar-refractivity contribution in [2.24, 2.45) is 0 Å². The Morgan fingerprint density at radius 2 is 1.65 bits per heavy atom. The number of amides is 1.